The third kappa shape index (κ3) is 3.43. The van der Waals surface area contributed by atoms with Gasteiger partial charge in [-0.3, -0.25) is 0 Å². The lowest BCUT2D eigenvalue weighted by Crippen LogP contribution is -1.96. The summed E-state index contributed by atoms with van der Waals surface area (Å²) in [5, 5.41) is 8.60. The van der Waals surface area contributed by atoms with Gasteiger partial charge in [0.15, 0.2) is 0 Å². The summed E-state index contributed by atoms with van der Waals surface area (Å²) in [5.41, 5.74) is 2.49. The van der Waals surface area contributed by atoms with E-state index in [1.807, 2.05) is 43.3 Å². The molecule has 0 spiro atoms. The predicted molar refractivity (Wildman–Crippen MR) is 61.6 cm³/mol. The molecule has 1 aromatic rings. The molecule has 0 aliphatic heterocycles. The maximum atomic E-state index is 10.5. The Hall–Kier alpha value is -1.83. The number of hydrogen-bond acceptors (Lipinski definition) is 1. The molecule has 0 saturated heterocycles. The predicted octanol–water partition coefficient (Wildman–Crippen LogP) is 3.04. The zero-order chi connectivity index (χ0) is 11.3. The van der Waals surface area contributed by atoms with Gasteiger partial charge < -0.3 is 5.11 Å². The largest absolute Gasteiger partial charge is 0.478 e. The van der Waals surface area contributed by atoms with E-state index < -0.39 is 5.97 Å². The van der Waals surface area contributed by atoms with Crippen LogP contribution in [0.3, 0.4) is 0 Å². The summed E-state index contributed by atoms with van der Waals surface area (Å²) in [4.78, 5) is 10.5. The smallest absolute Gasteiger partial charge is 0.331 e. The Kier molecular flexibility index (Phi) is 3.86. The van der Waals surface area contributed by atoms with Crippen LogP contribution in [0.1, 0.15) is 17.5 Å². The Morgan fingerprint density at radius 3 is 2.73 bits per heavy atom. The van der Waals surface area contributed by atoms with Gasteiger partial charge in [0.05, 0.1) is 0 Å². The Morgan fingerprint density at radius 2 is 2.13 bits per heavy atom. The monoisotopic (exact) mass is 202 g/mol. The van der Waals surface area contributed by atoms with Gasteiger partial charge in [0.25, 0.3) is 0 Å². The first kappa shape index (κ1) is 11.2. The molecule has 0 amide bonds. The van der Waals surface area contributed by atoms with Crippen LogP contribution >= 0.6 is 0 Å². The summed E-state index contributed by atoms with van der Waals surface area (Å²) < 4.78 is 0. The summed E-state index contributed by atoms with van der Waals surface area (Å²) in [6, 6.07) is 7.95. The summed E-state index contributed by atoms with van der Waals surface area (Å²) in [5.74, 6) is -0.940. The number of carbonyl (C=O) groups is 1. The van der Waals surface area contributed by atoms with Crippen LogP contribution in [0, 0.1) is 6.92 Å². The Bertz CT molecular complexity index is 403. The lowest BCUT2D eigenvalue weighted by Gasteiger charge is -1.98. The molecule has 0 radical (unpaired) electrons. The molecule has 0 aliphatic carbocycles. The molecule has 1 rings (SSSR count). The molecule has 0 heterocycles. The molecule has 0 atom stereocenters. The Labute approximate surface area is 89.6 Å². The second-order valence-corrected chi connectivity index (χ2v) is 3.37. The van der Waals surface area contributed by atoms with Crippen molar-refractivity contribution in [3.8, 4) is 0 Å². The van der Waals surface area contributed by atoms with E-state index in [1.165, 1.54) is 5.56 Å². The van der Waals surface area contributed by atoms with Crippen LogP contribution in [0.2, 0.25) is 0 Å². The third-order valence-electron chi connectivity index (χ3n) is 2.15. The molecule has 15 heavy (non-hydrogen) atoms. The number of allylic oxidation sites excluding steroid dienone is 1. The van der Waals surface area contributed by atoms with E-state index in [1.54, 1.807) is 0 Å². The van der Waals surface area contributed by atoms with Gasteiger partial charge in [-0.1, -0.05) is 43.0 Å². The van der Waals surface area contributed by atoms with Gasteiger partial charge >= 0.3 is 5.97 Å². The number of rotatable bonds is 4. The van der Waals surface area contributed by atoms with E-state index in [9.17, 15) is 4.79 Å². The fourth-order valence-electron chi connectivity index (χ4n) is 1.19. The van der Waals surface area contributed by atoms with Crippen molar-refractivity contribution in [2.24, 2.45) is 0 Å². The fraction of sp³-hybridized carbons (Fsp3) is 0.154. The quantitative estimate of drug-likeness (QED) is 0.762. The number of hydrogen-bond donors (Lipinski definition) is 1. The van der Waals surface area contributed by atoms with Gasteiger partial charge in [-0.2, -0.15) is 0 Å². The van der Waals surface area contributed by atoms with E-state index in [0.717, 1.165) is 5.56 Å². The molecule has 0 bridgehead atoms. The van der Waals surface area contributed by atoms with Gasteiger partial charge in [-0.15, -0.1) is 0 Å². The van der Waals surface area contributed by atoms with Crippen LogP contribution in [0.15, 0.2) is 42.5 Å². The zero-order valence-electron chi connectivity index (χ0n) is 8.73. The van der Waals surface area contributed by atoms with Crippen LogP contribution in [0.5, 0.6) is 0 Å². The van der Waals surface area contributed by atoms with Crippen molar-refractivity contribution in [1.29, 1.82) is 0 Å². The normalized spacial score (nSPS) is 10.5. The minimum atomic E-state index is -0.940. The average Bonchev–Trinajstić information content (AvgIpc) is 2.20. The molecule has 0 aliphatic rings. The van der Waals surface area contributed by atoms with Gasteiger partial charge in [0.2, 0.25) is 0 Å². The highest BCUT2D eigenvalue weighted by atomic mass is 16.4. The van der Waals surface area contributed by atoms with E-state index in [4.69, 9.17) is 5.11 Å². The minimum Gasteiger partial charge on any atom is -0.478 e. The minimum absolute atomic E-state index is 0.208. The van der Waals surface area contributed by atoms with E-state index >= 15 is 0 Å². The molecule has 2 nitrogen and oxygen atoms in total. The fourth-order valence-corrected chi connectivity index (χ4v) is 1.19. The lowest BCUT2D eigenvalue weighted by molar-refractivity contribution is -0.132. The van der Waals surface area contributed by atoms with Gasteiger partial charge in [-0.25, -0.2) is 4.79 Å². The second-order valence-electron chi connectivity index (χ2n) is 3.37. The summed E-state index contributed by atoms with van der Waals surface area (Å²) in [6.45, 7) is 5.48. The SMILES string of the molecule is C=C(CC=Cc1ccccc1C)C(=O)O. The Balaban J connectivity index is 2.63. The zero-order valence-corrected chi connectivity index (χ0v) is 8.73. The highest BCUT2D eigenvalue weighted by Gasteiger charge is 1.99. The highest BCUT2D eigenvalue weighted by Crippen LogP contribution is 2.10. The number of aliphatic carboxylic acids is 1. The molecule has 0 aromatic heterocycles. The number of carboxylic acid groups (broad SMARTS) is 1. The molecule has 2 heteroatoms. The van der Waals surface area contributed by atoms with Crippen molar-refractivity contribution in [3.05, 3.63) is 53.6 Å². The van der Waals surface area contributed by atoms with Crippen molar-refractivity contribution in [2.75, 3.05) is 0 Å². The first-order valence-electron chi connectivity index (χ1n) is 4.74. The third-order valence-corrected chi connectivity index (χ3v) is 2.15. The molecular formula is C13H14O2. The summed E-state index contributed by atoms with van der Waals surface area (Å²) in [7, 11) is 0. The van der Waals surface area contributed by atoms with E-state index in [2.05, 4.69) is 6.58 Å². The molecule has 0 unspecified atom stereocenters. The van der Waals surface area contributed by atoms with Gasteiger partial charge in [-0.05, 0) is 24.5 Å². The standard InChI is InChI=1S/C13H14O2/c1-10-6-3-4-8-12(10)9-5-7-11(2)13(14)15/h3-6,8-9H,2,7H2,1H3,(H,14,15). The van der Waals surface area contributed by atoms with Crippen LogP contribution in [-0.2, 0) is 4.79 Å². The second kappa shape index (κ2) is 5.15. The lowest BCUT2D eigenvalue weighted by atomic mass is 10.1. The topological polar surface area (TPSA) is 37.3 Å². The summed E-state index contributed by atoms with van der Waals surface area (Å²) >= 11 is 0. The van der Waals surface area contributed by atoms with Crippen LogP contribution < -0.4 is 0 Å². The maximum absolute atomic E-state index is 10.5. The average molecular weight is 202 g/mol. The van der Waals surface area contributed by atoms with Crippen molar-refractivity contribution in [3.63, 3.8) is 0 Å². The van der Waals surface area contributed by atoms with Crippen molar-refractivity contribution < 1.29 is 9.90 Å². The van der Waals surface area contributed by atoms with Gasteiger partial charge in [0, 0.05) is 5.57 Å². The van der Waals surface area contributed by atoms with E-state index in [0.29, 0.717) is 6.42 Å². The Morgan fingerprint density at radius 1 is 1.47 bits per heavy atom. The highest BCUT2D eigenvalue weighted by molar-refractivity contribution is 5.86. The maximum Gasteiger partial charge on any atom is 0.331 e. The van der Waals surface area contributed by atoms with Crippen molar-refractivity contribution in [2.45, 2.75) is 13.3 Å². The molecule has 0 saturated carbocycles. The van der Waals surface area contributed by atoms with Crippen molar-refractivity contribution in [1.82, 2.24) is 0 Å². The number of carboxylic acids is 1. The van der Waals surface area contributed by atoms with Crippen LogP contribution in [0.25, 0.3) is 6.08 Å². The molecule has 1 N–H and O–H groups in total. The van der Waals surface area contributed by atoms with Crippen LogP contribution in [-0.4, -0.2) is 11.1 Å². The molecule has 0 fully saturated rings. The molecular weight excluding hydrogens is 188 g/mol. The van der Waals surface area contributed by atoms with Crippen LogP contribution in [0.4, 0.5) is 0 Å². The number of benzene rings is 1. The first-order chi connectivity index (χ1) is 7.11. The van der Waals surface area contributed by atoms with Gasteiger partial charge in [0.1, 0.15) is 0 Å². The number of aryl methyl sites for hydroxylation is 1. The molecule has 1 aromatic carbocycles. The summed E-state index contributed by atoms with van der Waals surface area (Å²) in [6.07, 6.45) is 4.12. The van der Waals surface area contributed by atoms with E-state index in [-0.39, 0.29) is 5.57 Å². The van der Waals surface area contributed by atoms with Crippen molar-refractivity contribution >= 4 is 12.0 Å². The molecule has 78 valence electrons. The first-order valence-corrected chi connectivity index (χ1v) is 4.74.